The lowest BCUT2D eigenvalue weighted by atomic mass is 9.91. The Morgan fingerprint density at radius 3 is 2.50 bits per heavy atom. The highest BCUT2D eigenvalue weighted by atomic mass is 16.6. The zero-order chi connectivity index (χ0) is 24.0. The fourth-order valence-corrected chi connectivity index (χ4v) is 3.32. The van der Waals surface area contributed by atoms with E-state index in [9.17, 15) is 19.2 Å². The monoisotopic (exact) mass is 446 g/mol. The van der Waals surface area contributed by atoms with Gasteiger partial charge in [0.15, 0.2) is 11.4 Å². The van der Waals surface area contributed by atoms with E-state index in [2.05, 4.69) is 11.7 Å². The molecular formula is C25H34O7. The molecule has 1 aliphatic carbocycles. The SMILES string of the molecule is CCCCC/C=C\CC1(OC(C)=O)C=CC(=O)/C1=C/C=C\C(CCC(=O)OC)OC(C)=O. The lowest BCUT2D eigenvalue weighted by molar-refractivity contribution is -0.149. The average molecular weight is 447 g/mol. The minimum absolute atomic E-state index is 0.0794. The van der Waals surface area contributed by atoms with Gasteiger partial charge in [-0.1, -0.05) is 44.1 Å². The van der Waals surface area contributed by atoms with E-state index in [1.165, 1.54) is 27.0 Å². The summed E-state index contributed by atoms with van der Waals surface area (Å²) in [5.74, 6) is -1.65. The second-order valence-electron chi connectivity index (χ2n) is 7.58. The molecule has 0 aromatic heterocycles. The van der Waals surface area contributed by atoms with Crippen LogP contribution < -0.4 is 0 Å². The molecule has 1 rings (SSSR count). The van der Waals surface area contributed by atoms with E-state index in [4.69, 9.17) is 9.47 Å². The highest BCUT2D eigenvalue weighted by Gasteiger charge is 2.41. The van der Waals surface area contributed by atoms with Crippen LogP contribution in [0.3, 0.4) is 0 Å². The van der Waals surface area contributed by atoms with Crippen LogP contribution in [0.15, 0.2) is 48.1 Å². The number of hydrogen-bond donors (Lipinski definition) is 0. The van der Waals surface area contributed by atoms with Crippen LogP contribution in [0.4, 0.5) is 0 Å². The van der Waals surface area contributed by atoms with Crippen LogP contribution in [0.1, 0.15) is 65.7 Å². The highest BCUT2D eigenvalue weighted by Crippen LogP contribution is 2.34. The molecule has 0 saturated carbocycles. The summed E-state index contributed by atoms with van der Waals surface area (Å²) in [5.41, 5.74) is -0.853. The van der Waals surface area contributed by atoms with E-state index >= 15 is 0 Å². The van der Waals surface area contributed by atoms with Gasteiger partial charge >= 0.3 is 17.9 Å². The highest BCUT2D eigenvalue weighted by molar-refractivity contribution is 6.09. The van der Waals surface area contributed by atoms with Gasteiger partial charge in [0.25, 0.3) is 0 Å². The summed E-state index contributed by atoms with van der Waals surface area (Å²) in [5, 5.41) is 0. The van der Waals surface area contributed by atoms with Crippen molar-refractivity contribution in [3.05, 3.63) is 48.1 Å². The van der Waals surface area contributed by atoms with Crippen molar-refractivity contribution in [1.82, 2.24) is 0 Å². The maximum atomic E-state index is 12.5. The number of rotatable bonds is 13. The van der Waals surface area contributed by atoms with Gasteiger partial charge in [0.2, 0.25) is 0 Å². The Morgan fingerprint density at radius 1 is 1.12 bits per heavy atom. The van der Waals surface area contributed by atoms with Crippen molar-refractivity contribution in [3.8, 4) is 0 Å². The number of ketones is 1. The first-order valence-electron chi connectivity index (χ1n) is 10.9. The largest absolute Gasteiger partial charge is 0.469 e. The van der Waals surface area contributed by atoms with Gasteiger partial charge in [-0.25, -0.2) is 0 Å². The molecular weight excluding hydrogens is 412 g/mol. The molecule has 0 saturated heterocycles. The van der Waals surface area contributed by atoms with Gasteiger partial charge < -0.3 is 14.2 Å². The molecule has 0 aliphatic heterocycles. The third-order valence-electron chi connectivity index (χ3n) is 4.88. The maximum Gasteiger partial charge on any atom is 0.305 e. The quantitative estimate of drug-likeness (QED) is 0.137. The van der Waals surface area contributed by atoms with Crippen molar-refractivity contribution in [1.29, 1.82) is 0 Å². The molecule has 0 radical (unpaired) electrons. The van der Waals surface area contributed by atoms with Gasteiger partial charge in [-0.15, -0.1) is 0 Å². The smallest absolute Gasteiger partial charge is 0.305 e. The normalized spacial score (nSPS) is 20.2. The summed E-state index contributed by atoms with van der Waals surface area (Å²) in [6.45, 7) is 4.72. The molecule has 1 aliphatic rings. The second kappa shape index (κ2) is 14.2. The molecule has 2 unspecified atom stereocenters. The number of ether oxygens (including phenoxy) is 3. The van der Waals surface area contributed by atoms with Crippen molar-refractivity contribution in [2.45, 2.75) is 77.4 Å². The minimum atomic E-state index is -1.17. The molecule has 7 heteroatoms. The van der Waals surface area contributed by atoms with Crippen molar-refractivity contribution in [2.24, 2.45) is 0 Å². The summed E-state index contributed by atoms with van der Waals surface area (Å²) in [6, 6.07) is 0. The van der Waals surface area contributed by atoms with E-state index in [0.29, 0.717) is 12.0 Å². The Labute approximate surface area is 190 Å². The average Bonchev–Trinajstić information content (AvgIpc) is 3.03. The van der Waals surface area contributed by atoms with Gasteiger partial charge in [0, 0.05) is 32.3 Å². The number of carbonyl (C=O) groups excluding carboxylic acids is 4. The van der Waals surface area contributed by atoms with E-state index in [0.717, 1.165) is 25.7 Å². The first kappa shape index (κ1) is 27.1. The number of hydrogen-bond acceptors (Lipinski definition) is 7. The molecule has 176 valence electrons. The molecule has 0 bridgehead atoms. The predicted octanol–water partition coefficient (Wildman–Crippen LogP) is 4.32. The number of esters is 3. The Balaban J connectivity index is 3.02. The summed E-state index contributed by atoms with van der Waals surface area (Å²) in [7, 11) is 1.29. The standard InChI is InChI=1S/C25H34O7/c1-5-6-7-8-9-10-17-25(32-20(3)27)18-16-23(28)22(25)13-11-12-21(31-19(2)26)14-15-24(29)30-4/h9-13,16,18,21H,5-8,14-15,17H2,1-4H3/b10-9-,12-11-,22-13-. The molecule has 0 aromatic carbocycles. The van der Waals surface area contributed by atoms with Crippen LogP contribution in [-0.2, 0) is 33.4 Å². The fraction of sp³-hybridized carbons (Fsp3) is 0.520. The summed E-state index contributed by atoms with van der Waals surface area (Å²) >= 11 is 0. The molecule has 7 nitrogen and oxygen atoms in total. The van der Waals surface area contributed by atoms with Crippen LogP contribution in [-0.4, -0.2) is 42.5 Å². The molecule has 0 fully saturated rings. The fourth-order valence-electron chi connectivity index (χ4n) is 3.32. The van der Waals surface area contributed by atoms with Gasteiger partial charge in [-0.3, -0.25) is 19.2 Å². The van der Waals surface area contributed by atoms with E-state index in [1.807, 2.05) is 12.2 Å². The van der Waals surface area contributed by atoms with Gasteiger partial charge in [0.1, 0.15) is 6.10 Å². The molecule has 0 aromatic rings. The van der Waals surface area contributed by atoms with Gasteiger partial charge in [-0.2, -0.15) is 0 Å². The van der Waals surface area contributed by atoms with Crippen LogP contribution in [0.5, 0.6) is 0 Å². The van der Waals surface area contributed by atoms with E-state index in [-0.39, 0.29) is 18.6 Å². The second-order valence-corrected chi connectivity index (χ2v) is 7.58. The predicted molar refractivity (Wildman–Crippen MR) is 121 cm³/mol. The number of unbranched alkanes of at least 4 members (excludes halogenated alkanes) is 3. The third kappa shape index (κ3) is 9.45. The van der Waals surface area contributed by atoms with Crippen LogP contribution in [0.2, 0.25) is 0 Å². The Bertz CT molecular complexity index is 788. The van der Waals surface area contributed by atoms with Crippen LogP contribution in [0.25, 0.3) is 0 Å². The maximum absolute atomic E-state index is 12.5. The minimum Gasteiger partial charge on any atom is -0.469 e. The summed E-state index contributed by atoms with van der Waals surface area (Å²) in [4.78, 5) is 47.0. The molecule has 2 atom stereocenters. The van der Waals surface area contributed by atoms with Crippen LogP contribution in [0, 0.1) is 0 Å². The number of methoxy groups -OCH3 is 1. The van der Waals surface area contributed by atoms with Crippen molar-refractivity contribution < 1.29 is 33.4 Å². The molecule has 0 heterocycles. The van der Waals surface area contributed by atoms with Crippen molar-refractivity contribution in [3.63, 3.8) is 0 Å². The van der Waals surface area contributed by atoms with Gasteiger partial charge in [-0.05, 0) is 37.5 Å². The number of allylic oxidation sites excluding steroid dienone is 4. The topological polar surface area (TPSA) is 96.0 Å². The first-order chi connectivity index (χ1) is 15.2. The molecule has 0 amide bonds. The van der Waals surface area contributed by atoms with E-state index in [1.54, 1.807) is 24.3 Å². The van der Waals surface area contributed by atoms with Crippen molar-refractivity contribution in [2.75, 3.05) is 7.11 Å². The third-order valence-corrected chi connectivity index (χ3v) is 4.88. The van der Waals surface area contributed by atoms with Crippen molar-refractivity contribution >= 4 is 23.7 Å². The first-order valence-corrected chi connectivity index (χ1v) is 10.9. The lowest BCUT2D eigenvalue weighted by Crippen LogP contribution is -2.33. The van der Waals surface area contributed by atoms with Gasteiger partial charge in [0.05, 0.1) is 7.11 Å². The Hall–Kier alpha value is -2.96. The molecule has 32 heavy (non-hydrogen) atoms. The zero-order valence-corrected chi connectivity index (χ0v) is 19.4. The Morgan fingerprint density at radius 2 is 1.88 bits per heavy atom. The lowest BCUT2D eigenvalue weighted by Gasteiger charge is -2.27. The van der Waals surface area contributed by atoms with E-state index < -0.39 is 29.6 Å². The number of carbonyl (C=O) groups is 4. The Kier molecular flexibility index (Phi) is 12.0. The molecule has 0 N–H and O–H groups in total. The zero-order valence-electron chi connectivity index (χ0n) is 19.4. The summed E-state index contributed by atoms with van der Waals surface area (Å²) in [6.07, 6.45) is 16.0. The summed E-state index contributed by atoms with van der Waals surface area (Å²) < 4.78 is 15.4. The van der Waals surface area contributed by atoms with Crippen LogP contribution >= 0.6 is 0 Å². The molecule has 0 spiro atoms.